The Balaban J connectivity index is 1.47. The topological polar surface area (TPSA) is 79.0 Å². The van der Waals surface area contributed by atoms with Gasteiger partial charge in [-0.25, -0.2) is 9.80 Å². The lowest BCUT2D eigenvalue weighted by atomic mass is 10.1. The predicted molar refractivity (Wildman–Crippen MR) is 95.7 cm³/mol. The number of carbonyl (C=O) groups excluding carboxylic acids is 3. The second-order valence-corrected chi connectivity index (χ2v) is 6.85. The summed E-state index contributed by atoms with van der Waals surface area (Å²) in [5, 5.41) is 5.85. The first-order chi connectivity index (χ1) is 12.5. The van der Waals surface area contributed by atoms with Crippen LogP contribution in [-0.4, -0.2) is 53.0 Å². The van der Waals surface area contributed by atoms with E-state index in [1.165, 1.54) is 11.9 Å². The van der Waals surface area contributed by atoms with Crippen LogP contribution in [0.5, 0.6) is 5.75 Å². The SMILES string of the molecule is CC(=O)c1ccc(OCCC[C@H]2CCCN2N2C(=O)N[C@H](C)C2=O)cc1. The van der Waals surface area contributed by atoms with Crippen LogP contribution in [0.25, 0.3) is 0 Å². The number of carbonyl (C=O) groups is 3. The van der Waals surface area contributed by atoms with Gasteiger partial charge in [0.2, 0.25) is 0 Å². The second-order valence-electron chi connectivity index (χ2n) is 6.85. The Kier molecular flexibility index (Phi) is 5.56. The molecule has 3 rings (SSSR count). The van der Waals surface area contributed by atoms with Crippen molar-refractivity contribution in [1.29, 1.82) is 0 Å². The van der Waals surface area contributed by atoms with Crippen molar-refractivity contribution in [2.24, 2.45) is 0 Å². The Morgan fingerprint density at radius 2 is 2.00 bits per heavy atom. The molecule has 0 spiro atoms. The molecule has 0 bridgehead atoms. The molecule has 2 atom stereocenters. The van der Waals surface area contributed by atoms with E-state index in [2.05, 4.69) is 5.32 Å². The molecule has 26 heavy (non-hydrogen) atoms. The molecule has 0 aliphatic carbocycles. The summed E-state index contributed by atoms with van der Waals surface area (Å²) in [6.45, 7) is 4.52. The van der Waals surface area contributed by atoms with Crippen LogP contribution in [0.2, 0.25) is 0 Å². The van der Waals surface area contributed by atoms with Gasteiger partial charge in [-0.3, -0.25) is 9.59 Å². The lowest BCUT2D eigenvalue weighted by molar-refractivity contribution is -0.140. The zero-order valence-corrected chi connectivity index (χ0v) is 15.2. The highest BCUT2D eigenvalue weighted by atomic mass is 16.5. The lowest BCUT2D eigenvalue weighted by Gasteiger charge is -2.30. The van der Waals surface area contributed by atoms with Gasteiger partial charge in [0.25, 0.3) is 5.91 Å². The van der Waals surface area contributed by atoms with Crippen molar-refractivity contribution in [2.45, 2.75) is 51.6 Å². The van der Waals surface area contributed by atoms with Crippen molar-refractivity contribution >= 4 is 17.7 Å². The van der Waals surface area contributed by atoms with Gasteiger partial charge in [-0.2, -0.15) is 5.01 Å². The maximum atomic E-state index is 12.2. The quantitative estimate of drug-likeness (QED) is 0.459. The molecule has 2 aliphatic rings. The van der Waals surface area contributed by atoms with Crippen LogP contribution < -0.4 is 10.1 Å². The Bertz CT molecular complexity index is 689. The number of imide groups is 1. The molecule has 0 radical (unpaired) electrons. The second kappa shape index (κ2) is 7.86. The third-order valence-corrected chi connectivity index (χ3v) is 4.93. The maximum Gasteiger partial charge on any atom is 0.339 e. The fourth-order valence-electron chi connectivity index (χ4n) is 3.51. The van der Waals surface area contributed by atoms with Crippen LogP contribution in [-0.2, 0) is 4.79 Å². The molecule has 0 unspecified atom stereocenters. The zero-order valence-electron chi connectivity index (χ0n) is 15.2. The highest BCUT2D eigenvalue weighted by Crippen LogP contribution is 2.26. The van der Waals surface area contributed by atoms with Crippen LogP contribution in [0.15, 0.2) is 24.3 Å². The molecule has 2 heterocycles. The monoisotopic (exact) mass is 359 g/mol. The number of nitrogens with one attached hydrogen (secondary N) is 1. The number of rotatable bonds is 7. The van der Waals surface area contributed by atoms with E-state index in [1.807, 2.05) is 5.01 Å². The Morgan fingerprint density at radius 3 is 2.62 bits per heavy atom. The van der Waals surface area contributed by atoms with Gasteiger partial charge in [0.1, 0.15) is 11.8 Å². The summed E-state index contributed by atoms with van der Waals surface area (Å²) in [4.78, 5) is 35.5. The highest BCUT2D eigenvalue weighted by Gasteiger charge is 2.42. The first-order valence-electron chi connectivity index (χ1n) is 9.12. The van der Waals surface area contributed by atoms with Gasteiger partial charge in [0.15, 0.2) is 5.78 Å². The molecule has 1 N–H and O–H groups in total. The minimum atomic E-state index is -0.454. The number of amides is 3. The fraction of sp³-hybridized carbons (Fsp3) is 0.526. The van der Waals surface area contributed by atoms with Gasteiger partial charge in [0, 0.05) is 18.2 Å². The van der Waals surface area contributed by atoms with Gasteiger partial charge in [0.05, 0.1) is 6.61 Å². The minimum absolute atomic E-state index is 0.0349. The fourth-order valence-corrected chi connectivity index (χ4v) is 3.51. The van der Waals surface area contributed by atoms with Crippen molar-refractivity contribution in [3.05, 3.63) is 29.8 Å². The molecule has 2 saturated heterocycles. The molecular weight excluding hydrogens is 334 g/mol. The summed E-state index contributed by atoms with van der Waals surface area (Å²) in [5.74, 6) is 0.595. The number of hydrazine groups is 1. The number of ketones is 1. The molecule has 7 nitrogen and oxygen atoms in total. The van der Waals surface area contributed by atoms with E-state index in [4.69, 9.17) is 4.74 Å². The largest absolute Gasteiger partial charge is 0.494 e. The average Bonchev–Trinajstić information content (AvgIpc) is 3.16. The first kappa shape index (κ1) is 18.4. The van der Waals surface area contributed by atoms with Crippen molar-refractivity contribution in [3.63, 3.8) is 0 Å². The number of ether oxygens (including phenoxy) is 1. The Hall–Kier alpha value is -2.41. The molecule has 0 saturated carbocycles. The highest BCUT2D eigenvalue weighted by molar-refractivity contribution is 6.03. The minimum Gasteiger partial charge on any atom is -0.494 e. The number of hydrogen-bond donors (Lipinski definition) is 1. The van der Waals surface area contributed by atoms with Gasteiger partial charge >= 0.3 is 6.03 Å². The Morgan fingerprint density at radius 1 is 1.27 bits per heavy atom. The molecule has 0 aromatic heterocycles. The number of hydrogen-bond acceptors (Lipinski definition) is 5. The number of urea groups is 1. The third-order valence-electron chi connectivity index (χ3n) is 4.93. The van der Waals surface area contributed by atoms with E-state index in [0.717, 1.165) is 38.0 Å². The average molecular weight is 359 g/mol. The van der Waals surface area contributed by atoms with Gasteiger partial charge in [-0.1, -0.05) is 0 Å². The number of nitrogens with zero attached hydrogens (tertiary/aromatic N) is 2. The zero-order chi connectivity index (χ0) is 18.7. The first-order valence-corrected chi connectivity index (χ1v) is 9.12. The van der Waals surface area contributed by atoms with Gasteiger partial charge in [-0.05, 0) is 63.8 Å². The normalized spacial score (nSPS) is 23.4. The summed E-state index contributed by atoms with van der Waals surface area (Å²) in [6.07, 6.45) is 3.63. The van der Waals surface area contributed by atoms with E-state index >= 15 is 0 Å². The lowest BCUT2D eigenvalue weighted by Crippen LogP contribution is -2.49. The molecule has 1 aromatic carbocycles. The van der Waals surface area contributed by atoms with E-state index in [9.17, 15) is 14.4 Å². The number of Topliss-reactive ketones (excluding diaryl/α,β-unsaturated/α-hetero) is 1. The van der Waals surface area contributed by atoms with Crippen LogP contribution in [0.4, 0.5) is 4.79 Å². The van der Waals surface area contributed by atoms with Crippen LogP contribution in [0, 0.1) is 0 Å². The maximum absolute atomic E-state index is 12.2. The third kappa shape index (κ3) is 3.88. The van der Waals surface area contributed by atoms with Crippen LogP contribution >= 0.6 is 0 Å². The van der Waals surface area contributed by atoms with Crippen molar-refractivity contribution < 1.29 is 19.1 Å². The summed E-state index contributed by atoms with van der Waals surface area (Å²) in [6, 6.07) is 6.52. The van der Waals surface area contributed by atoms with Crippen molar-refractivity contribution in [3.8, 4) is 5.75 Å². The summed E-state index contributed by atoms with van der Waals surface area (Å²) in [7, 11) is 0. The Labute approximate surface area is 153 Å². The molecule has 3 amide bonds. The smallest absolute Gasteiger partial charge is 0.339 e. The molecule has 7 heteroatoms. The summed E-state index contributed by atoms with van der Waals surface area (Å²) in [5.41, 5.74) is 0.668. The van der Waals surface area contributed by atoms with Crippen molar-refractivity contribution in [2.75, 3.05) is 13.2 Å². The van der Waals surface area contributed by atoms with Crippen LogP contribution in [0.3, 0.4) is 0 Å². The molecular formula is C19H25N3O4. The summed E-state index contributed by atoms with van der Waals surface area (Å²) >= 11 is 0. The van der Waals surface area contributed by atoms with Crippen LogP contribution in [0.1, 0.15) is 49.9 Å². The number of benzene rings is 1. The van der Waals surface area contributed by atoms with E-state index < -0.39 is 6.04 Å². The standard InChI is InChI=1S/C19H25N3O4/c1-13-18(24)22(19(25)20-13)21-11-3-5-16(21)6-4-12-26-17-9-7-15(8-10-17)14(2)23/h7-10,13,16H,3-6,11-12H2,1-2H3,(H,20,25)/t13-,16-/m1/s1. The molecule has 2 fully saturated rings. The molecule has 140 valence electrons. The van der Waals surface area contributed by atoms with Crippen molar-refractivity contribution in [1.82, 2.24) is 15.3 Å². The molecule has 2 aliphatic heterocycles. The van der Waals surface area contributed by atoms with Gasteiger partial charge < -0.3 is 10.1 Å². The van der Waals surface area contributed by atoms with E-state index in [1.54, 1.807) is 31.2 Å². The predicted octanol–water partition coefficient (Wildman–Crippen LogP) is 2.37. The summed E-state index contributed by atoms with van der Waals surface area (Å²) < 4.78 is 5.73. The van der Waals surface area contributed by atoms with E-state index in [-0.39, 0.29) is 23.8 Å². The van der Waals surface area contributed by atoms with Gasteiger partial charge in [-0.15, -0.1) is 0 Å². The molecule has 1 aromatic rings. The van der Waals surface area contributed by atoms with E-state index in [0.29, 0.717) is 12.2 Å².